The van der Waals surface area contributed by atoms with Gasteiger partial charge in [-0.3, -0.25) is 4.79 Å². The molecule has 0 aliphatic rings. The summed E-state index contributed by atoms with van der Waals surface area (Å²) >= 11 is 0. The van der Waals surface area contributed by atoms with Crippen molar-refractivity contribution in [1.82, 2.24) is 30.7 Å². The van der Waals surface area contributed by atoms with Crippen LogP contribution in [-0.2, 0) is 11.3 Å². The van der Waals surface area contributed by atoms with E-state index in [0.29, 0.717) is 35.1 Å². The lowest BCUT2D eigenvalue weighted by molar-refractivity contribution is 0.0560. The van der Waals surface area contributed by atoms with Crippen LogP contribution in [-0.4, -0.2) is 57.1 Å². The van der Waals surface area contributed by atoms with Crippen LogP contribution in [0.15, 0.2) is 44.5 Å². The summed E-state index contributed by atoms with van der Waals surface area (Å²) < 4.78 is 27.2. The molecule has 0 fully saturated rings. The number of nitrogens with two attached hydrogens (primary N) is 1. The zero-order chi connectivity index (χ0) is 26.4. The second kappa shape index (κ2) is 11.0. The van der Waals surface area contributed by atoms with Gasteiger partial charge in [-0.05, 0) is 60.1 Å². The second-order valence-electron chi connectivity index (χ2n) is 7.29. The Morgan fingerprint density at radius 1 is 1.19 bits per heavy atom. The summed E-state index contributed by atoms with van der Waals surface area (Å²) in [5, 5.41) is 18.8. The van der Waals surface area contributed by atoms with E-state index in [2.05, 4.69) is 40.5 Å². The molecule has 0 saturated heterocycles. The molecule has 0 unspecified atom stereocenters. The molecule has 3 N–H and O–H groups in total. The molecule has 3 aromatic heterocycles. The fraction of sp³-hybridized carbons (Fsp3) is 0.227. The lowest BCUT2D eigenvalue weighted by Gasteiger charge is -2.11. The number of anilines is 1. The van der Waals surface area contributed by atoms with Gasteiger partial charge in [-0.15, -0.1) is 5.10 Å². The smallest absolute Gasteiger partial charge is 0.373 e. The van der Waals surface area contributed by atoms with Gasteiger partial charge < -0.3 is 24.4 Å². The number of benzene rings is 1. The summed E-state index contributed by atoms with van der Waals surface area (Å²) in [6.45, 7) is 3.90. The molecule has 0 radical (unpaired) electrons. The van der Waals surface area contributed by atoms with E-state index in [1.807, 2.05) is 6.92 Å². The summed E-state index contributed by atoms with van der Waals surface area (Å²) in [7, 11) is 1.27. The van der Waals surface area contributed by atoms with Crippen molar-refractivity contribution < 1.29 is 32.8 Å². The normalized spacial score (nSPS) is 11.0. The number of ether oxygens (including phenoxy) is 3. The Hall–Kier alpha value is -5.21. The molecule has 37 heavy (non-hydrogen) atoms. The zero-order valence-corrected chi connectivity index (χ0v) is 20.0. The average molecular weight is 510 g/mol. The van der Waals surface area contributed by atoms with E-state index in [1.165, 1.54) is 24.1 Å². The van der Waals surface area contributed by atoms with Gasteiger partial charge in [0.1, 0.15) is 12.4 Å². The number of hydrazone groups is 1. The van der Waals surface area contributed by atoms with Crippen LogP contribution in [0.4, 0.5) is 5.82 Å². The molecule has 0 saturated carbocycles. The minimum Gasteiger partial charge on any atom is -0.490 e. The third-order valence-corrected chi connectivity index (χ3v) is 4.87. The maximum absolute atomic E-state index is 12.5. The van der Waals surface area contributed by atoms with E-state index >= 15 is 0 Å². The zero-order valence-electron chi connectivity index (χ0n) is 20.0. The maximum Gasteiger partial charge on any atom is 0.373 e. The van der Waals surface area contributed by atoms with Gasteiger partial charge in [-0.25, -0.2) is 14.8 Å². The standard InChI is InChI=1S/C22H22N8O7/c1-4-34-17-9-13(5-7-15(17)35-11-14-6-8-16(36-14)22(32)33-3)10-24-26-21(31)18-12(2)30(29-25-18)20-19(23)27-37-28-20/h5-10H,4,11H2,1-3H3,(H2,23,27)(H,26,31)/b24-10-. The molecule has 3 heterocycles. The summed E-state index contributed by atoms with van der Waals surface area (Å²) in [6, 6.07) is 8.22. The van der Waals surface area contributed by atoms with Crippen LogP contribution >= 0.6 is 0 Å². The number of esters is 1. The van der Waals surface area contributed by atoms with E-state index in [1.54, 1.807) is 31.2 Å². The first kappa shape index (κ1) is 24.9. The number of methoxy groups -OCH3 is 1. The molecule has 4 rings (SSSR count). The molecular weight excluding hydrogens is 488 g/mol. The minimum absolute atomic E-state index is 0.00520. The SMILES string of the molecule is CCOc1cc(/C=N\NC(=O)c2nnn(-c3nonc3N)c2C)ccc1OCc1ccc(C(=O)OC)o1. The largest absolute Gasteiger partial charge is 0.490 e. The molecule has 0 aliphatic heterocycles. The number of furan rings is 1. The molecule has 0 spiro atoms. The van der Waals surface area contributed by atoms with Gasteiger partial charge in [0.25, 0.3) is 5.91 Å². The van der Waals surface area contributed by atoms with Gasteiger partial charge in [-0.1, -0.05) is 5.21 Å². The average Bonchev–Trinajstić information content (AvgIpc) is 3.63. The molecule has 15 heteroatoms. The van der Waals surface area contributed by atoms with Crippen LogP contribution in [0.2, 0.25) is 0 Å². The number of nitrogens with one attached hydrogen (secondary N) is 1. The fourth-order valence-corrected chi connectivity index (χ4v) is 3.10. The van der Waals surface area contributed by atoms with Crippen LogP contribution in [0.1, 0.15) is 45.0 Å². The van der Waals surface area contributed by atoms with Crippen molar-refractivity contribution >= 4 is 23.9 Å². The predicted molar refractivity (Wildman–Crippen MR) is 125 cm³/mol. The van der Waals surface area contributed by atoms with E-state index in [0.717, 1.165) is 0 Å². The highest BCUT2D eigenvalue weighted by molar-refractivity contribution is 5.94. The van der Waals surface area contributed by atoms with Crippen LogP contribution < -0.4 is 20.6 Å². The van der Waals surface area contributed by atoms with Crippen molar-refractivity contribution in [2.45, 2.75) is 20.5 Å². The lowest BCUT2D eigenvalue weighted by atomic mass is 10.2. The number of nitrogen functional groups attached to an aromatic ring is 1. The summed E-state index contributed by atoms with van der Waals surface area (Å²) in [4.78, 5) is 24.0. The first-order valence-electron chi connectivity index (χ1n) is 10.8. The highest BCUT2D eigenvalue weighted by Crippen LogP contribution is 2.29. The van der Waals surface area contributed by atoms with Crippen molar-refractivity contribution in [1.29, 1.82) is 0 Å². The Labute approximate surface area is 209 Å². The molecule has 1 aromatic carbocycles. The number of rotatable bonds is 10. The number of carbonyl (C=O) groups is 2. The van der Waals surface area contributed by atoms with Gasteiger partial charge in [0.15, 0.2) is 17.2 Å². The summed E-state index contributed by atoms with van der Waals surface area (Å²) in [5.41, 5.74) is 9.07. The van der Waals surface area contributed by atoms with E-state index < -0.39 is 11.9 Å². The van der Waals surface area contributed by atoms with Crippen molar-refractivity contribution in [2.24, 2.45) is 5.10 Å². The topological polar surface area (TPSA) is 195 Å². The third-order valence-electron chi connectivity index (χ3n) is 4.87. The Kier molecular flexibility index (Phi) is 7.42. The Morgan fingerprint density at radius 3 is 2.76 bits per heavy atom. The predicted octanol–water partition coefficient (Wildman–Crippen LogP) is 1.66. The van der Waals surface area contributed by atoms with Crippen molar-refractivity contribution in [3.63, 3.8) is 0 Å². The number of amides is 1. The van der Waals surface area contributed by atoms with Gasteiger partial charge in [0.05, 0.1) is 25.6 Å². The molecule has 4 aromatic rings. The Morgan fingerprint density at radius 2 is 2.03 bits per heavy atom. The summed E-state index contributed by atoms with van der Waals surface area (Å²) in [6.07, 6.45) is 1.43. The van der Waals surface area contributed by atoms with Gasteiger partial charge in [-0.2, -0.15) is 9.78 Å². The van der Waals surface area contributed by atoms with Crippen molar-refractivity contribution in [3.8, 4) is 17.3 Å². The van der Waals surface area contributed by atoms with Gasteiger partial charge >= 0.3 is 5.97 Å². The highest BCUT2D eigenvalue weighted by atomic mass is 16.6. The van der Waals surface area contributed by atoms with Crippen LogP contribution in [0, 0.1) is 6.92 Å². The summed E-state index contributed by atoms with van der Waals surface area (Å²) in [5.74, 6) is 0.379. The number of hydrogen-bond donors (Lipinski definition) is 2. The molecular formula is C22H22N8O7. The van der Waals surface area contributed by atoms with Crippen LogP contribution in [0.25, 0.3) is 5.82 Å². The van der Waals surface area contributed by atoms with Gasteiger partial charge in [0.2, 0.25) is 17.4 Å². The van der Waals surface area contributed by atoms with E-state index in [4.69, 9.17) is 19.6 Å². The van der Waals surface area contributed by atoms with Crippen molar-refractivity contribution in [2.75, 3.05) is 19.5 Å². The van der Waals surface area contributed by atoms with Crippen LogP contribution in [0.5, 0.6) is 11.5 Å². The molecule has 0 aliphatic carbocycles. The molecule has 1 amide bonds. The quantitative estimate of drug-likeness (QED) is 0.178. The lowest BCUT2D eigenvalue weighted by Crippen LogP contribution is -2.19. The molecule has 192 valence electrons. The first-order chi connectivity index (χ1) is 17.9. The third kappa shape index (κ3) is 5.55. The van der Waals surface area contributed by atoms with Crippen LogP contribution in [0.3, 0.4) is 0 Å². The minimum atomic E-state index is -0.593. The molecule has 0 atom stereocenters. The number of carbonyl (C=O) groups excluding carboxylic acids is 2. The van der Waals surface area contributed by atoms with E-state index in [9.17, 15) is 9.59 Å². The van der Waals surface area contributed by atoms with Crippen molar-refractivity contribution in [3.05, 3.63) is 58.8 Å². The Balaban J connectivity index is 1.40. The number of nitrogens with zero attached hydrogens (tertiary/aromatic N) is 6. The van der Waals surface area contributed by atoms with Gasteiger partial charge in [0, 0.05) is 0 Å². The Bertz CT molecular complexity index is 1440. The van der Waals surface area contributed by atoms with E-state index in [-0.39, 0.29) is 29.7 Å². The maximum atomic E-state index is 12.5. The number of hydrogen-bond acceptors (Lipinski definition) is 13. The molecule has 15 nitrogen and oxygen atoms in total. The first-order valence-corrected chi connectivity index (χ1v) is 10.8. The highest BCUT2D eigenvalue weighted by Gasteiger charge is 2.20. The second-order valence-corrected chi connectivity index (χ2v) is 7.29. The number of aromatic nitrogens is 5. The monoisotopic (exact) mass is 510 g/mol. The molecule has 0 bridgehead atoms. The fourth-order valence-electron chi connectivity index (χ4n) is 3.10.